The molecule has 1 aromatic heterocycles. The quantitative estimate of drug-likeness (QED) is 0.376. The molecule has 0 saturated heterocycles. The molecule has 1 amide bonds. The highest BCUT2D eigenvalue weighted by molar-refractivity contribution is 6.33. The summed E-state index contributed by atoms with van der Waals surface area (Å²) in [6.45, 7) is 3.19. The van der Waals surface area contributed by atoms with Gasteiger partial charge in [0.2, 0.25) is 0 Å². The summed E-state index contributed by atoms with van der Waals surface area (Å²) >= 11 is 6.44. The summed E-state index contributed by atoms with van der Waals surface area (Å²) in [6, 6.07) is 26.4. The number of aromatic nitrogens is 2. The van der Waals surface area contributed by atoms with Gasteiger partial charge in [0.1, 0.15) is 10.7 Å². The highest BCUT2D eigenvalue weighted by Crippen LogP contribution is 2.28. The molecule has 0 spiro atoms. The number of nitrogens with zero attached hydrogens (tertiary/aromatic N) is 2. The van der Waals surface area contributed by atoms with Crippen LogP contribution in [0.15, 0.2) is 84.9 Å². The number of ether oxygens (including phenoxy) is 1. The van der Waals surface area contributed by atoms with E-state index < -0.39 is 18.0 Å². The zero-order chi connectivity index (χ0) is 23.4. The fraction of sp³-hybridized carbons (Fsp3) is 0.115. The second-order valence-electron chi connectivity index (χ2n) is 7.45. The summed E-state index contributed by atoms with van der Waals surface area (Å²) < 4.78 is 6.90. The maximum Gasteiger partial charge on any atom is 0.344 e. The molecule has 1 atom stereocenters. The summed E-state index contributed by atoms with van der Waals surface area (Å²) in [6.07, 6.45) is -1.04. The van der Waals surface area contributed by atoms with E-state index in [4.69, 9.17) is 16.3 Å². The Bertz CT molecular complexity index is 1290. The molecular formula is C26H22ClN3O3. The van der Waals surface area contributed by atoms with E-state index in [0.717, 1.165) is 11.1 Å². The lowest BCUT2D eigenvalue weighted by Gasteiger charge is -2.16. The van der Waals surface area contributed by atoms with Crippen LogP contribution in [0.2, 0.25) is 5.15 Å². The lowest BCUT2D eigenvalue weighted by atomic mass is 10.0. The van der Waals surface area contributed by atoms with E-state index in [9.17, 15) is 9.59 Å². The number of rotatable bonds is 6. The van der Waals surface area contributed by atoms with E-state index in [2.05, 4.69) is 10.4 Å². The number of hydrogen-bond donors (Lipinski definition) is 1. The Morgan fingerprint density at radius 1 is 0.939 bits per heavy atom. The smallest absolute Gasteiger partial charge is 0.344 e. The summed E-state index contributed by atoms with van der Waals surface area (Å²) in [5, 5.41) is 7.34. The molecule has 6 nitrogen and oxygen atoms in total. The van der Waals surface area contributed by atoms with Crippen LogP contribution in [0, 0.1) is 6.92 Å². The van der Waals surface area contributed by atoms with Gasteiger partial charge in [-0.2, -0.15) is 5.10 Å². The monoisotopic (exact) mass is 459 g/mol. The third kappa shape index (κ3) is 4.81. The van der Waals surface area contributed by atoms with Crippen molar-refractivity contribution in [2.45, 2.75) is 20.0 Å². The van der Waals surface area contributed by atoms with Crippen molar-refractivity contribution in [1.29, 1.82) is 0 Å². The molecule has 7 heteroatoms. The molecule has 0 aliphatic carbocycles. The molecule has 4 rings (SSSR count). The van der Waals surface area contributed by atoms with E-state index in [1.807, 2.05) is 78.9 Å². The molecule has 0 bridgehead atoms. The third-order valence-corrected chi connectivity index (χ3v) is 5.48. The number of amides is 1. The van der Waals surface area contributed by atoms with E-state index >= 15 is 0 Å². The standard InChI is InChI=1S/C26H22ClN3O3/c1-17-23(24(27)30(29-17)20-13-7-4-8-14-20)26(32)33-18(2)25(31)28-22-16-10-9-15-21(22)19-11-5-3-6-12-19/h3-16,18H,1-2H3,(H,28,31). The predicted octanol–water partition coefficient (Wildman–Crippen LogP) is 5.69. The molecule has 166 valence electrons. The third-order valence-electron chi connectivity index (χ3n) is 5.13. The van der Waals surface area contributed by atoms with Gasteiger partial charge >= 0.3 is 5.97 Å². The van der Waals surface area contributed by atoms with Crippen molar-refractivity contribution in [3.63, 3.8) is 0 Å². The molecular weight excluding hydrogens is 438 g/mol. The van der Waals surface area contributed by atoms with Crippen LogP contribution >= 0.6 is 11.6 Å². The van der Waals surface area contributed by atoms with Gasteiger partial charge in [-0.1, -0.05) is 78.3 Å². The lowest BCUT2D eigenvalue weighted by Crippen LogP contribution is -2.30. The zero-order valence-electron chi connectivity index (χ0n) is 18.2. The van der Waals surface area contributed by atoms with E-state index in [1.165, 1.54) is 11.6 Å². The number of benzene rings is 3. The molecule has 1 heterocycles. The minimum atomic E-state index is -1.04. The van der Waals surface area contributed by atoms with Crippen LogP contribution in [-0.2, 0) is 9.53 Å². The van der Waals surface area contributed by atoms with Crippen LogP contribution < -0.4 is 5.32 Å². The summed E-state index contributed by atoms with van der Waals surface area (Å²) in [4.78, 5) is 25.7. The molecule has 1 unspecified atom stereocenters. The summed E-state index contributed by atoms with van der Waals surface area (Å²) in [7, 11) is 0. The van der Waals surface area contributed by atoms with Gasteiger partial charge in [0, 0.05) is 11.3 Å². The van der Waals surface area contributed by atoms with Gasteiger partial charge in [-0.05, 0) is 37.6 Å². The average Bonchev–Trinajstić information content (AvgIpc) is 3.14. The Hall–Kier alpha value is -3.90. The first kappa shape index (κ1) is 22.3. The fourth-order valence-electron chi connectivity index (χ4n) is 3.44. The molecule has 33 heavy (non-hydrogen) atoms. The topological polar surface area (TPSA) is 73.2 Å². The Labute approximate surface area is 196 Å². The van der Waals surface area contributed by atoms with Crippen molar-refractivity contribution in [3.05, 3.63) is 101 Å². The summed E-state index contributed by atoms with van der Waals surface area (Å²) in [5.74, 6) is -1.16. The SMILES string of the molecule is Cc1nn(-c2ccccc2)c(Cl)c1C(=O)OC(C)C(=O)Nc1ccccc1-c1ccccc1. The number of para-hydroxylation sites is 2. The van der Waals surface area contributed by atoms with Crippen LogP contribution in [0.5, 0.6) is 0 Å². The van der Waals surface area contributed by atoms with Crippen LogP contribution in [0.1, 0.15) is 23.0 Å². The number of aryl methyl sites for hydroxylation is 1. The molecule has 3 aromatic carbocycles. The number of hydrogen-bond acceptors (Lipinski definition) is 4. The summed E-state index contributed by atoms with van der Waals surface area (Å²) in [5.41, 5.74) is 3.72. The van der Waals surface area contributed by atoms with Gasteiger partial charge in [-0.3, -0.25) is 4.79 Å². The largest absolute Gasteiger partial charge is 0.449 e. The maximum absolute atomic E-state index is 12.8. The maximum atomic E-state index is 12.8. The number of nitrogens with one attached hydrogen (secondary N) is 1. The first-order valence-electron chi connectivity index (χ1n) is 10.4. The van der Waals surface area contributed by atoms with Gasteiger partial charge < -0.3 is 10.1 Å². The van der Waals surface area contributed by atoms with Gasteiger partial charge in [0.25, 0.3) is 5.91 Å². The minimum absolute atomic E-state index is 0.129. The van der Waals surface area contributed by atoms with Crippen LogP contribution in [0.3, 0.4) is 0 Å². The molecule has 0 aliphatic rings. The molecule has 0 aliphatic heterocycles. The Morgan fingerprint density at radius 2 is 1.55 bits per heavy atom. The predicted molar refractivity (Wildman–Crippen MR) is 129 cm³/mol. The van der Waals surface area contributed by atoms with Crippen molar-refractivity contribution in [2.24, 2.45) is 0 Å². The van der Waals surface area contributed by atoms with Gasteiger partial charge in [0.15, 0.2) is 6.10 Å². The Kier molecular flexibility index (Phi) is 6.56. The number of esters is 1. The Morgan fingerprint density at radius 3 is 2.24 bits per heavy atom. The van der Waals surface area contributed by atoms with Crippen molar-refractivity contribution < 1.29 is 14.3 Å². The first-order chi connectivity index (χ1) is 16.0. The van der Waals surface area contributed by atoms with E-state index in [1.54, 1.807) is 13.0 Å². The van der Waals surface area contributed by atoms with Gasteiger partial charge in [-0.15, -0.1) is 0 Å². The van der Waals surface area contributed by atoms with E-state index in [-0.39, 0.29) is 10.7 Å². The van der Waals surface area contributed by atoms with Crippen LogP contribution in [-0.4, -0.2) is 27.8 Å². The molecule has 0 saturated carbocycles. The van der Waals surface area contributed by atoms with Crippen molar-refractivity contribution in [1.82, 2.24) is 9.78 Å². The Balaban J connectivity index is 1.50. The fourth-order valence-corrected chi connectivity index (χ4v) is 3.79. The number of halogens is 1. The van der Waals surface area contributed by atoms with Gasteiger partial charge in [-0.25, -0.2) is 9.48 Å². The van der Waals surface area contributed by atoms with Crippen molar-refractivity contribution in [2.75, 3.05) is 5.32 Å². The molecule has 0 radical (unpaired) electrons. The average molecular weight is 460 g/mol. The normalized spacial score (nSPS) is 11.6. The highest BCUT2D eigenvalue weighted by atomic mass is 35.5. The molecule has 4 aromatic rings. The van der Waals surface area contributed by atoms with Gasteiger partial charge in [0.05, 0.1) is 11.4 Å². The van der Waals surface area contributed by atoms with Crippen molar-refractivity contribution in [3.8, 4) is 16.8 Å². The lowest BCUT2D eigenvalue weighted by molar-refractivity contribution is -0.123. The van der Waals surface area contributed by atoms with Crippen LogP contribution in [0.25, 0.3) is 16.8 Å². The second-order valence-corrected chi connectivity index (χ2v) is 7.80. The number of carbonyl (C=O) groups excluding carboxylic acids is 2. The molecule has 1 N–H and O–H groups in total. The number of carbonyl (C=O) groups is 2. The minimum Gasteiger partial charge on any atom is -0.449 e. The zero-order valence-corrected chi connectivity index (χ0v) is 18.9. The number of anilines is 1. The van der Waals surface area contributed by atoms with Crippen LogP contribution in [0.4, 0.5) is 5.69 Å². The molecule has 0 fully saturated rings. The van der Waals surface area contributed by atoms with E-state index in [0.29, 0.717) is 17.1 Å². The highest BCUT2D eigenvalue weighted by Gasteiger charge is 2.26. The van der Waals surface area contributed by atoms with Crippen molar-refractivity contribution >= 4 is 29.2 Å². The first-order valence-corrected chi connectivity index (χ1v) is 10.8. The second kappa shape index (κ2) is 9.71.